The van der Waals surface area contributed by atoms with E-state index < -0.39 is 22.1 Å². The van der Waals surface area contributed by atoms with Gasteiger partial charge >= 0.3 is 5.97 Å². The van der Waals surface area contributed by atoms with E-state index in [4.69, 9.17) is 4.74 Å². The third kappa shape index (κ3) is 5.42. The molecule has 0 unspecified atom stereocenters. The second kappa shape index (κ2) is 10.1. The molecule has 1 aliphatic heterocycles. The number of ether oxygens (including phenoxy) is 1. The summed E-state index contributed by atoms with van der Waals surface area (Å²) in [6.07, 6.45) is 3.78. The zero-order valence-electron chi connectivity index (χ0n) is 19.6. The maximum absolute atomic E-state index is 13.5. The maximum atomic E-state index is 13.5. The molecule has 1 saturated heterocycles. The van der Waals surface area contributed by atoms with Gasteiger partial charge in [0, 0.05) is 38.8 Å². The van der Waals surface area contributed by atoms with E-state index in [0.717, 1.165) is 49.5 Å². The largest absolute Gasteiger partial charge is 0.444 e. The van der Waals surface area contributed by atoms with E-state index in [1.807, 2.05) is 6.07 Å². The Morgan fingerprint density at radius 2 is 1.71 bits per heavy atom. The van der Waals surface area contributed by atoms with E-state index in [-0.39, 0.29) is 22.4 Å². The number of esters is 1. The number of rotatable bonds is 8. The molecule has 2 fully saturated rings. The van der Waals surface area contributed by atoms with Gasteiger partial charge in [-0.05, 0) is 50.3 Å². The molecule has 0 radical (unpaired) electrons. The van der Waals surface area contributed by atoms with Gasteiger partial charge in [0.1, 0.15) is 0 Å². The SMILES string of the molecule is CN(C)S(=O)(=O)c1ccc(N2CCCCC2)c(C(=O)O[C@@H](C(=O)NC2CC2)c2ccccc2)c1. The normalized spacial score (nSPS) is 17.3. The Balaban J connectivity index is 1.70. The maximum Gasteiger partial charge on any atom is 0.341 e. The minimum atomic E-state index is -3.76. The van der Waals surface area contributed by atoms with Crippen molar-refractivity contribution in [3.05, 3.63) is 59.7 Å². The average Bonchev–Trinajstić information content (AvgIpc) is 3.67. The molecule has 1 saturated carbocycles. The monoisotopic (exact) mass is 485 g/mol. The van der Waals surface area contributed by atoms with Gasteiger partial charge in [-0.1, -0.05) is 30.3 Å². The Morgan fingerprint density at radius 1 is 1.03 bits per heavy atom. The first-order valence-electron chi connectivity index (χ1n) is 11.6. The van der Waals surface area contributed by atoms with Gasteiger partial charge in [0.15, 0.2) is 0 Å². The van der Waals surface area contributed by atoms with E-state index in [9.17, 15) is 18.0 Å². The van der Waals surface area contributed by atoms with Crippen LogP contribution in [0.3, 0.4) is 0 Å². The topological polar surface area (TPSA) is 96.0 Å². The van der Waals surface area contributed by atoms with Gasteiger partial charge in [-0.2, -0.15) is 0 Å². The highest BCUT2D eigenvalue weighted by Crippen LogP contribution is 2.31. The molecule has 182 valence electrons. The van der Waals surface area contributed by atoms with Crippen LogP contribution >= 0.6 is 0 Å². The Labute approximate surface area is 200 Å². The molecule has 1 aliphatic carbocycles. The van der Waals surface area contributed by atoms with E-state index >= 15 is 0 Å². The number of sulfonamides is 1. The molecule has 1 N–H and O–H groups in total. The Bertz CT molecular complexity index is 1140. The van der Waals surface area contributed by atoms with E-state index in [2.05, 4.69) is 10.2 Å². The molecule has 1 amide bonds. The average molecular weight is 486 g/mol. The molecule has 0 aromatic heterocycles. The quantitative estimate of drug-likeness (QED) is 0.578. The molecule has 4 rings (SSSR count). The van der Waals surface area contributed by atoms with Crippen LogP contribution in [0.2, 0.25) is 0 Å². The molecule has 2 aliphatic rings. The summed E-state index contributed by atoms with van der Waals surface area (Å²) < 4.78 is 32.4. The molecule has 1 atom stereocenters. The number of anilines is 1. The zero-order valence-corrected chi connectivity index (χ0v) is 20.4. The molecule has 1 heterocycles. The lowest BCUT2D eigenvalue weighted by Crippen LogP contribution is -2.34. The van der Waals surface area contributed by atoms with Crippen molar-refractivity contribution in [1.82, 2.24) is 9.62 Å². The number of nitrogens with one attached hydrogen (secondary N) is 1. The lowest BCUT2D eigenvalue weighted by atomic mass is 10.1. The first-order valence-corrected chi connectivity index (χ1v) is 13.1. The van der Waals surface area contributed by atoms with Gasteiger partial charge in [0.25, 0.3) is 5.91 Å². The van der Waals surface area contributed by atoms with Crippen LogP contribution in [0, 0.1) is 0 Å². The molecular formula is C25H31N3O5S. The van der Waals surface area contributed by atoms with Crippen molar-refractivity contribution in [1.29, 1.82) is 0 Å². The minimum absolute atomic E-state index is 0.00361. The lowest BCUT2D eigenvalue weighted by Gasteiger charge is -2.30. The number of benzene rings is 2. The summed E-state index contributed by atoms with van der Waals surface area (Å²) in [5.74, 6) is -1.10. The van der Waals surface area contributed by atoms with Gasteiger partial charge in [-0.15, -0.1) is 0 Å². The number of hydrogen-bond acceptors (Lipinski definition) is 6. The van der Waals surface area contributed by atoms with Crippen LogP contribution in [0.25, 0.3) is 0 Å². The summed E-state index contributed by atoms with van der Waals surface area (Å²) in [4.78, 5) is 28.6. The van der Waals surface area contributed by atoms with E-state index in [1.54, 1.807) is 30.3 Å². The fraction of sp³-hybridized carbons (Fsp3) is 0.440. The summed E-state index contributed by atoms with van der Waals surface area (Å²) in [5.41, 5.74) is 1.33. The predicted molar refractivity (Wildman–Crippen MR) is 129 cm³/mol. The number of hydrogen-bond donors (Lipinski definition) is 1. The molecule has 0 bridgehead atoms. The Hall–Kier alpha value is -2.91. The van der Waals surface area contributed by atoms with Crippen LogP contribution in [0.1, 0.15) is 54.1 Å². The minimum Gasteiger partial charge on any atom is -0.444 e. The van der Waals surface area contributed by atoms with Crippen molar-refractivity contribution < 1.29 is 22.7 Å². The standard InChI is InChI=1S/C25H31N3O5S/c1-27(2)34(31,32)20-13-14-22(28-15-7-4-8-16-28)21(17-20)25(30)33-23(18-9-5-3-6-10-18)24(29)26-19-11-12-19/h3,5-6,9-10,13-14,17,19,23H,4,7-8,11-12,15-16H2,1-2H3,(H,26,29)/t23-/m1/s1. The van der Waals surface area contributed by atoms with Crippen LogP contribution in [0.4, 0.5) is 5.69 Å². The lowest BCUT2D eigenvalue weighted by molar-refractivity contribution is -0.130. The summed E-state index contributed by atoms with van der Waals surface area (Å²) in [5, 5.41) is 2.91. The smallest absolute Gasteiger partial charge is 0.341 e. The van der Waals surface area contributed by atoms with Gasteiger partial charge < -0.3 is 15.0 Å². The number of carbonyl (C=O) groups is 2. The van der Waals surface area contributed by atoms with E-state index in [1.165, 1.54) is 26.2 Å². The number of piperidine rings is 1. The number of amides is 1. The van der Waals surface area contributed by atoms with Gasteiger partial charge in [0.2, 0.25) is 16.1 Å². The van der Waals surface area contributed by atoms with Crippen LogP contribution < -0.4 is 10.2 Å². The second-order valence-corrected chi connectivity index (χ2v) is 11.1. The fourth-order valence-electron chi connectivity index (χ4n) is 4.04. The number of nitrogens with zero attached hydrogens (tertiary/aromatic N) is 2. The van der Waals surface area contributed by atoms with Crippen LogP contribution in [-0.4, -0.2) is 57.8 Å². The summed E-state index contributed by atoms with van der Waals surface area (Å²) in [6, 6.07) is 13.5. The zero-order chi connectivity index (χ0) is 24.3. The van der Waals surface area contributed by atoms with Crippen molar-refractivity contribution in [3.63, 3.8) is 0 Å². The third-order valence-electron chi connectivity index (χ3n) is 6.15. The van der Waals surface area contributed by atoms with Crippen LogP contribution in [0.15, 0.2) is 53.4 Å². The molecular weight excluding hydrogens is 454 g/mol. The van der Waals surface area contributed by atoms with E-state index in [0.29, 0.717) is 11.3 Å². The van der Waals surface area contributed by atoms with Gasteiger partial charge in [-0.3, -0.25) is 4.79 Å². The third-order valence-corrected chi connectivity index (χ3v) is 7.96. The molecule has 34 heavy (non-hydrogen) atoms. The van der Waals surface area contributed by atoms with Crippen LogP contribution in [-0.2, 0) is 19.6 Å². The molecule has 0 spiro atoms. The second-order valence-electron chi connectivity index (χ2n) is 8.99. The van der Waals surface area contributed by atoms with Crippen LogP contribution in [0.5, 0.6) is 0 Å². The van der Waals surface area contributed by atoms with Crippen molar-refractivity contribution in [3.8, 4) is 0 Å². The summed E-state index contributed by atoms with van der Waals surface area (Å²) >= 11 is 0. The van der Waals surface area contributed by atoms with Crippen molar-refractivity contribution >= 4 is 27.6 Å². The summed E-state index contributed by atoms with van der Waals surface area (Å²) in [7, 11) is -0.869. The first kappa shape index (κ1) is 24.2. The fourth-order valence-corrected chi connectivity index (χ4v) is 4.96. The molecule has 9 heteroatoms. The highest BCUT2D eigenvalue weighted by Gasteiger charge is 2.32. The first-order chi connectivity index (χ1) is 16.3. The highest BCUT2D eigenvalue weighted by molar-refractivity contribution is 7.89. The predicted octanol–water partition coefficient (Wildman–Crippen LogP) is 3.10. The number of carbonyl (C=O) groups excluding carboxylic acids is 2. The van der Waals surface area contributed by atoms with Crippen molar-refractivity contribution in [2.24, 2.45) is 0 Å². The Kier molecular flexibility index (Phi) is 7.23. The molecule has 2 aromatic rings. The van der Waals surface area contributed by atoms with Crippen molar-refractivity contribution in [2.45, 2.75) is 49.1 Å². The van der Waals surface area contributed by atoms with Gasteiger partial charge in [-0.25, -0.2) is 17.5 Å². The Morgan fingerprint density at radius 3 is 2.32 bits per heavy atom. The van der Waals surface area contributed by atoms with Gasteiger partial charge in [0.05, 0.1) is 16.1 Å². The highest BCUT2D eigenvalue weighted by atomic mass is 32.2. The van der Waals surface area contributed by atoms with Crippen molar-refractivity contribution in [2.75, 3.05) is 32.1 Å². The summed E-state index contributed by atoms with van der Waals surface area (Å²) in [6.45, 7) is 1.54. The molecule has 2 aromatic carbocycles. The molecule has 8 nitrogen and oxygen atoms in total.